The molecule has 0 bridgehead atoms. The summed E-state index contributed by atoms with van der Waals surface area (Å²) in [6.45, 7) is 1.31. The van der Waals surface area contributed by atoms with Crippen molar-refractivity contribution in [1.29, 1.82) is 0 Å². The second-order valence-corrected chi connectivity index (χ2v) is 6.32. The third-order valence-electron chi connectivity index (χ3n) is 4.54. The summed E-state index contributed by atoms with van der Waals surface area (Å²) in [5.41, 5.74) is 2.45. The van der Waals surface area contributed by atoms with E-state index >= 15 is 0 Å². The standard InChI is InChI=1S/C20H23FN2O2/c1-25-14-19-7-2-3-12-23(19)20(24)22-18-10-8-15(9-11-18)16-5-4-6-17(21)13-16/h4-6,8-11,13,19H,2-3,7,12,14H2,1H3,(H,22,24). The topological polar surface area (TPSA) is 41.6 Å². The van der Waals surface area contributed by atoms with E-state index in [1.54, 1.807) is 13.2 Å². The maximum atomic E-state index is 13.3. The minimum atomic E-state index is -0.260. The molecule has 5 heteroatoms. The van der Waals surface area contributed by atoms with Crippen molar-refractivity contribution in [3.63, 3.8) is 0 Å². The van der Waals surface area contributed by atoms with Crippen LogP contribution in [0, 0.1) is 5.82 Å². The van der Waals surface area contributed by atoms with Crippen LogP contribution in [-0.2, 0) is 4.74 Å². The molecule has 132 valence electrons. The molecule has 1 aliphatic rings. The maximum absolute atomic E-state index is 13.3. The minimum absolute atomic E-state index is 0.0970. The average molecular weight is 342 g/mol. The van der Waals surface area contributed by atoms with Crippen molar-refractivity contribution in [2.75, 3.05) is 25.6 Å². The van der Waals surface area contributed by atoms with E-state index in [0.717, 1.165) is 42.6 Å². The summed E-state index contributed by atoms with van der Waals surface area (Å²) in [4.78, 5) is 14.4. The van der Waals surface area contributed by atoms with E-state index in [0.29, 0.717) is 6.61 Å². The van der Waals surface area contributed by atoms with Gasteiger partial charge in [-0.05, 0) is 54.7 Å². The van der Waals surface area contributed by atoms with Gasteiger partial charge in [-0.1, -0.05) is 24.3 Å². The van der Waals surface area contributed by atoms with E-state index in [4.69, 9.17) is 4.74 Å². The molecule has 0 radical (unpaired) electrons. The lowest BCUT2D eigenvalue weighted by Crippen LogP contribution is -2.47. The summed E-state index contributed by atoms with van der Waals surface area (Å²) >= 11 is 0. The quantitative estimate of drug-likeness (QED) is 0.887. The molecule has 1 unspecified atom stereocenters. The molecule has 1 N–H and O–H groups in total. The van der Waals surface area contributed by atoms with Crippen molar-refractivity contribution in [2.45, 2.75) is 25.3 Å². The number of carbonyl (C=O) groups excluding carboxylic acids is 1. The van der Waals surface area contributed by atoms with Gasteiger partial charge in [0.2, 0.25) is 0 Å². The van der Waals surface area contributed by atoms with Gasteiger partial charge in [-0.2, -0.15) is 0 Å². The van der Waals surface area contributed by atoms with Crippen LogP contribution >= 0.6 is 0 Å². The zero-order valence-corrected chi connectivity index (χ0v) is 14.4. The fourth-order valence-corrected chi connectivity index (χ4v) is 3.24. The van der Waals surface area contributed by atoms with E-state index in [2.05, 4.69) is 5.32 Å². The molecule has 1 aliphatic heterocycles. The van der Waals surface area contributed by atoms with E-state index in [-0.39, 0.29) is 17.9 Å². The number of ether oxygens (including phenoxy) is 1. The summed E-state index contributed by atoms with van der Waals surface area (Å²) in [6, 6.07) is 13.9. The number of methoxy groups -OCH3 is 1. The first-order valence-corrected chi connectivity index (χ1v) is 8.60. The average Bonchev–Trinajstić information content (AvgIpc) is 2.63. The highest BCUT2D eigenvalue weighted by Crippen LogP contribution is 2.23. The van der Waals surface area contributed by atoms with Gasteiger partial charge in [0.15, 0.2) is 0 Å². The first-order valence-electron chi connectivity index (χ1n) is 8.60. The molecule has 1 heterocycles. The summed E-state index contributed by atoms with van der Waals surface area (Å²) in [5, 5.41) is 2.95. The van der Waals surface area contributed by atoms with Crippen LogP contribution in [0.2, 0.25) is 0 Å². The SMILES string of the molecule is COCC1CCCCN1C(=O)Nc1ccc(-c2cccc(F)c2)cc1. The molecule has 1 fully saturated rings. The van der Waals surface area contributed by atoms with Crippen LogP contribution in [0.3, 0.4) is 0 Å². The van der Waals surface area contributed by atoms with Crippen molar-refractivity contribution >= 4 is 11.7 Å². The molecule has 3 rings (SSSR count). The predicted octanol–water partition coefficient (Wildman–Crippen LogP) is 4.53. The number of anilines is 1. The number of likely N-dealkylation sites (tertiary alicyclic amines) is 1. The van der Waals surface area contributed by atoms with Gasteiger partial charge in [0, 0.05) is 19.3 Å². The first-order chi connectivity index (χ1) is 12.2. The van der Waals surface area contributed by atoms with Gasteiger partial charge in [0.1, 0.15) is 5.82 Å². The van der Waals surface area contributed by atoms with Gasteiger partial charge < -0.3 is 15.0 Å². The minimum Gasteiger partial charge on any atom is -0.383 e. The molecule has 0 aliphatic carbocycles. The number of halogens is 1. The molecule has 2 aromatic carbocycles. The smallest absolute Gasteiger partial charge is 0.322 e. The Morgan fingerprint density at radius 1 is 1.20 bits per heavy atom. The Bertz CT molecular complexity index is 716. The number of rotatable bonds is 4. The normalized spacial score (nSPS) is 17.4. The first kappa shape index (κ1) is 17.4. The maximum Gasteiger partial charge on any atom is 0.322 e. The van der Waals surface area contributed by atoms with E-state index in [1.807, 2.05) is 35.2 Å². The summed E-state index contributed by atoms with van der Waals surface area (Å²) < 4.78 is 18.6. The number of urea groups is 1. The van der Waals surface area contributed by atoms with Gasteiger partial charge in [-0.15, -0.1) is 0 Å². The van der Waals surface area contributed by atoms with Gasteiger partial charge in [0.05, 0.1) is 12.6 Å². The number of hydrogen-bond acceptors (Lipinski definition) is 2. The lowest BCUT2D eigenvalue weighted by molar-refractivity contribution is 0.0878. The molecule has 4 nitrogen and oxygen atoms in total. The van der Waals surface area contributed by atoms with Crippen molar-refractivity contribution < 1.29 is 13.9 Å². The predicted molar refractivity (Wildman–Crippen MR) is 97.1 cm³/mol. The number of carbonyl (C=O) groups is 1. The Morgan fingerprint density at radius 3 is 2.72 bits per heavy atom. The number of nitrogens with zero attached hydrogens (tertiary/aromatic N) is 1. The molecule has 1 atom stereocenters. The van der Waals surface area contributed by atoms with Crippen LogP contribution in [0.5, 0.6) is 0 Å². The largest absolute Gasteiger partial charge is 0.383 e. The fourth-order valence-electron chi connectivity index (χ4n) is 3.24. The van der Waals surface area contributed by atoms with Gasteiger partial charge in [0.25, 0.3) is 0 Å². The number of benzene rings is 2. The number of nitrogens with one attached hydrogen (secondary N) is 1. The molecule has 25 heavy (non-hydrogen) atoms. The van der Waals surface area contributed by atoms with Crippen LogP contribution in [-0.4, -0.2) is 37.2 Å². The van der Waals surface area contributed by atoms with Crippen LogP contribution in [0.25, 0.3) is 11.1 Å². The molecular weight excluding hydrogens is 319 g/mol. The molecule has 1 saturated heterocycles. The highest BCUT2D eigenvalue weighted by Gasteiger charge is 2.26. The van der Waals surface area contributed by atoms with Crippen molar-refractivity contribution in [1.82, 2.24) is 4.90 Å². The Morgan fingerprint density at radius 2 is 2.00 bits per heavy atom. The summed E-state index contributed by atoms with van der Waals surface area (Å²) in [6.07, 6.45) is 3.12. The Kier molecular flexibility index (Phi) is 5.66. The van der Waals surface area contributed by atoms with Gasteiger partial charge in [-0.3, -0.25) is 0 Å². The van der Waals surface area contributed by atoms with Crippen LogP contribution < -0.4 is 5.32 Å². The van der Waals surface area contributed by atoms with E-state index < -0.39 is 0 Å². The van der Waals surface area contributed by atoms with E-state index in [1.165, 1.54) is 12.1 Å². The van der Waals surface area contributed by atoms with Gasteiger partial charge in [-0.25, -0.2) is 9.18 Å². The second kappa shape index (κ2) is 8.12. The monoisotopic (exact) mass is 342 g/mol. The number of hydrogen-bond donors (Lipinski definition) is 1. The lowest BCUT2D eigenvalue weighted by atomic mass is 10.0. The van der Waals surface area contributed by atoms with E-state index in [9.17, 15) is 9.18 Å². The zero-order valence-electron chi connectivity index (χ0n) is 14.4. The Hall–Kier alpha value is -2.40. The second-order valence-electron chi connectivity index (χ2n) is 6.32. The van der Waals surface area contributed by atoms with Crippen molar-refractivity contribution in [3.05, 3.63) is 54.3 Å². The van der Waals surface area contributed by atoms with Crippen molar-refractivity contribution in [2.24, 2.45) is 0 Å². The van der Waals surface area contributed by atoms with Crippen LogP contribution in [0.15, 0.2) is 48.5 Å². The van der Waals surface area contributed by atoms with Crippen molar-refractivity contribution in [3.8, 4) is 11.1 Å². The van der Waals surface area contributed by atoms with Crippen LogP contribution in [0.4, 0.5) is 14.9 Å². The molecule has 0 spiro atoms. The zero-order chi connectivity index (χ0) is 17.6. The fraction of sp³-hybridized carbons (Fsp3) is 0.350. The summed E-state index contributed by atoms with van der Waals surface area (Å²) in [5.74, 6) is -0.260. The number of piperidine rings is 1. The molecule has 0 saturated carbocycles. The Labute approximate surface area is 147 Å². The van der Waals surface area contributed by atoms with Crippen LogP contribution in [0.1, 0.15) is 19.3 Å². The third-order valence-corrected chi connectivity index (χ3v) is 4.54. The number of amides is 2. The lowest BCUT2D eigenvalue weighted by Gasteiger charge is -2.35. The molecule has 2 amide bonds. The molecular formula is C20H23FN2O2. The highest BCUT2D eigenvalue weighted by molar-refractivity contribution is 5.90. The van der Waals surface area contributed by atoms with Gasteiger partial charge >= 0.3 is 6.03 Å². The highest BCUT2D eigenvalue weighted by atomic mass is 19.1. The summed E-state index contributed by atoms with van der Waals surface area (Å²) in [7, 11) is 1.66. The molecule has 0 aromatic heterocycles. The third kappa shape index (κ3) is 4.37. The Balaban J connectivity index is 1.67. The molecule has 2 aromatic rings.